The smallest absolute Gasteiger partial charge is 0.339 e. The number of aromatic carboxylic acids is 1. The third-order valence-corrected chi connectivity index (χ3v) is 7.15. The fourth-order valence-corrected chi connectivity index (χ4v) is 5.39. The molecule has 184 valence electrons. The van der Waals surface area contributed by atoms with E-state index in [-0.39, 0.29) is 23.6 Å². The first-order valence-corrected chi connectivity index (χ1v) is 12.4. The Bertz CT molecular complexity index is 1380. The van der Waals surface area contributed by atoms with Crippen LogP contribution < -0.4 is 14.8 Å². The van der Waals surface area contributed by atoms with Gasteiger partial charge in [0.1, 0.15) is 23.2 Å². The van der Waals surface area contributed by atoms with Crippen LogP contribution >= 0.6 is 0 Å². The quantitative estimate of drug-likeness (QED) is 0.298. The van der Waals surface area contributed by atoms with E-state index < -0.39 is 5.97 Å². The molecule has 0 aromatic heterocycles. The molecule has 5 rings (SSSR count). The number of carboxylic acid groups (broad SMARTS) is 1. The molecule has 1 heterocycles. The Kier molecular flexibility index (Phi) is 6.92. The highest BCUT2D eigenvalue weighted by atomic mass is 16.5. The molecule has 4 aromatic carbocycles. The third-order valence-electron chi connectivity index (χ3n) is 7.15. The summed E-state index contributed by atoms with van der Waals surface area (Å²) in [4.78, 5) is 11.8. The average Bonchev–Trinajstić information content (AvgIpc) is 2.91. The van der Waals surface area contributed by atoms with Crippen LogP contribution in [-0.2, 0) is 0 Å². The van der Waals surface area contributed by atoms with Gasteiger partial charge in [0.25, 0.3) is 0 Å². The summed E-state index contributed by atoms with van der Waals surface area (Å²) in [6, 6.07) is 28.5. The molecule has 3 unspecified atom stereocenters. The van der Waals surface area contributed by atoms with Crippen molar-refractivity contribution in [3.8, 4) is 11.5 Å². The highest BCUT2D eigenvalue weighted by Gasteiger charge is 2.32. The fraction of sp³-hybridized carbons (Fsp3) is 0.258. The van der Waals surface area contributed by atoms with Crippen LogP contribution in [0.15, 0.2) is 84.9 Å². The van der Waals surface area contributed by atoms with Gasteiger partial charge in [-0.05, 0) is 54.8 Å². The molecule has 0 bridgehead atoms. The molecule has 2 N–H and O–H groups in total. The molecule has 0 radical (unpaired) electrons. The van der Waals surface area contributed by atoms with Crippen LogP contribution in [0.4, 0.5) is 0 Å². The third kappa shape index (κ3) is 4.67. The van der Waals surface area contributed by atoms with Crippen molar-refractivity contribution in [1.82, 2.24) is 5.32 Å². The van der Waals surface area contributed by atoms with E-state index in [0.717, 1.165) is 36.3 Å². The SMILES string of the molecule is COc1c(C(=O)O)cccc1C1CC(CCNC(C)c2cccc3ccccc23)Oc2ccccc21. The second kappa shape index (κ2) is 10.4. The summed E-state index contributed by atoms with van der Waals surface area (Å²) >= 11 is 0. The van der Waals surface area contributed by atoms with Crippen molar-refractivity contribution < 1.29 is 19.4 Å². The molecular formula is C31H31NO4. The molecule has 0 spiro atoms. The van der Waals surface area contributed by atoms with Gasteiger partial charge in [-0.15, -0.1) is 0 Å². The zero-order valence-electron chi connectivity index (χ0n) is 20.6. The van der Waals surface area contributed by atoms with Crippen molar-refractivity contribution in [3.05, 3.63) is 107 Å². The van der Waals surface area contributed by atoms with Gasteiger partial charge in [-0.2, -0.15) is 0 Å². The van der Waals surface area contributed by atoms with Gasteiger partial charge in [0.2, 0.25) is 0 Å². The largest absolute Gasteiger partial charge is 0.496 e. The van der Waals surface area contributed by atoms with Crippen LogP contribution in [0.2, 0.25) is 0 Å². The van der Waals surface area contributed by atoms with E-state index >= 15 is 0 Å². The number of ether oxygens (including phenoxy) is 2. The maximum atomic E-state index is 11.8. The predicted octanol–water partition coefficient (Wildman–Crippen LogP) is 6.57. The zero-order valence-corrected chi connectivity index (χ0v) is 20.6. The lowest BCUT2D eigenvalue weighted by Gasteiger charge is -2.33. The lowest BCUT2D eigenvalue weighted by atomic mass is 9.82. The van der Waals surface area contributed by atoms with Gasteiger partial charge < -0.3 is 19.9 Å². The number of carbonyl (C=O) groups is 1. The molecule has 5 heteroatoms. The topological polar surface area (TPSA) is 67.8 Å². The van der Waals surface area contributed by atoms with E-state index in [4.69, 9.17) is 9.47 Å². The molecule has 1 aliphatic rings. The standard InChI is InChI=1S/C31H31NO4/c1-20(23-13-7-10-21-9-3-4-11-24(21)23)32-18-17-22-19-28(25-12-5-6-16-29(25)36-22)26-14-8-15-27(31(33)34)30(26)35-2/h3-16,20,22,28,32H,17-19H2,1-2H3,(H,33,34). The van der Waals surface area contributed by atoms with Crippen molar-refractivity contribution in [2.75, 3.05) is 13.7 Å². The first-order chi connectivity index (χ1) is 17.6. The van der Waals surface area contributed by atoms with Crippen molar-refractivity contribution in [2.45, 2.75) is 37.8 Å². The number of para-hydroxylation sites is 2. The van der Waals surface area contributed by atoms with Crippen LogP contribution in [0.25, 0.3) is 10.8 Å². The van der Waals surface area contributed by atoms with Crippen LogP contribution in [0.3, 0.4) is 0 Å². The number of fused-ring (bicyclic) bond motifs is 2. The van der Waals surface area contributed by atoms with Crippen molar-refractivity contribution in [2.24, 2.45) is 0 Å². The molecule has 0 saturated heterocycles. The number of benzene rings is 4. The number of rotatable bonds is 8. The summed E-state index contributed by atoms with van der Waals surface area (Å²) in [7, 11) is 1.53. The van der Waals surface area contributed by atoms with E-state index in [0.29, 0.717) is 5.75 Å². The number of methoxy groups -OCH3 is 1. The monoisotopic (exact) mass is 481 g/mol. The molecule has 3 atom stereocenters. The summed E-state index contributed by atoms with van der Waals surface area (Å²) < 4.78 is 12.0. The van der Waals surface area contributed by atoms with E-state index in [1.54, 1.807) is 12.1 Å². The van der Waals surface area contributed by atoms with Crippen molar-refractivity contribution in [1.29, 1.82) is 0 Å². The summed E-state index contributed by atoms with van der Waals surface area (Å²) in [5.74, 6) is 0.277. The summed E-state index contributed by atoms with van der Waals surface area (Å²) in [5, 5.41) is 15.9. The highest BCUT2D eigenvalue weighted by Crippen LogP contribution is 2.44. The molecule has 1 aliphatic heterocycles. The van der Waals surface area contributed by atoms with Gasteiger partial charge in [-0.1, -0.05) is 72.8 Å². The van der Waals surface area contributed by atoms with Gasteiger partial charge in [-0.25, -0.2) is 4.79 Å². The Balaban J connectivity index is 1.34. The first kappa shape index (κ1) is 23.9. The van der Waals surface area contributed by atoms with Crippen LogP contribution in [-0.4, -0.2) is 30.8 Å². The van der Waals surface area contributed by atoms with Crippen LogP contribution in [0.1, 0.15) is 58.8 Å². The predicted molar refractivity (Wildman–Crippen MR) is 142 cm³/mol. The van der Waals surface area contributed by atoms with Gasteiger partial charge in [0.15, 0.2) is 0 Å². The minimum Gasteiger partial charge on any atom is -0.496 e. The Labute approximate surface area is 211 Å². The Morgan fingerprint density at radius 3 is 2.56 bits per heavy atom. The molecule has 4 aromatic rings. The van der Waals surface area contributed by atoms with Crippen molar-refractivity contribution >= 4 is 16.7 Å². The minimum absolute atomic E-state index is 0.00434. The van der Waals surface area contributed by atoms with Crippen molar-refractivity contribution in [3.63, 3.8) is 0 Å². The molecule has 0 fully saturated rings. The number of hydrogen-bond donors (Lipinski definition) is 2. The molecular weight excluding hydrogens is 450 g/mol. The van der Waals surface area contributed by atoms with E-state index in [9.17, 15) is 9.90 Å². The summed E-state index contributed by atoms with van der Waals surface area (Å²) in [5.41, 5.74) is 3.42. The van der Waals surface area contributed by atoms with Crippen LogP contribution in [0.5, 0.6) is 11.5 Å². The molecule has 0 saturated carbocycles. The zero-order chi connectivity index (χ0) is 25.1. The Morgan fingerprint density at radius 1 is 1.00 bits per heavy atom. The molecule has 0 amide bonds. The van der Waals surface area contributed by atoms with Crippen LogP contribution in [0, 0.1) is 0 Å². The first-order valence-electron chi connectivity index (χ1n) is 12.4. The molecule has 0 aliphatic carbocycles. The molecule has 36 heavy (non-hydrogen) atoms. The van der Waals surface area contributed by atoms with Gasteiger partial charge in [0, 0.05) is 23.1 Å². The number of hydrogen-bond acceptors (Lipinski definition) is 4. The average molecular weight is 482 g/mol. The van der Waals surface area contributed by atoms with Gasteiger partial charge >= 0.3 is 5.97 Å². The lowest BCUT2D eigenvalue weighted by molar-refractivity contribution is 0.0693. The Morgan fingerprint density at radius 2 is 1.72 bits per heavy atom. The normalized spacial score (nSPS) is 17.7. The highest BCUT2D eigenvalue weighted by molar-refractivity contribution is 5.91. The van der Waals surface area contributed by atoms with E-state index in [1.807, 2.05) is 24.3 Å². The number of nitrogens with one attached hydrogen (secondary N) is 1. The fourth-order valence-electron chi connectivity index (χ4n) is 5.39. The maximum Gasteiger partial charge on any atom is 0.339 e. The van der Waals surface area contributed by atoms with Gasteiger partial charge in [0.05, 0.1) is 7.11 Å². The summed E-state index contributed by atoms with van der Waals surface area (Å²) in [6.07, 6.45) is 1.58. The maximum absolute atomic E-state index is 11.8. The summed E-state index contributed by atoms with van der Waals surface area (Å²) in [6.45, 7) is 3.00. The minimum atomic E-state index is -0.989. The number of carboxylic acids is 1. The van der Waals surface area contributed by atoms with E-state index in [2.05, 4.69) is 60.8 Å². The Hall–Kier alpha value is -3.83. The van der Waals surface area contributed by atoms with E-state index in [1.165, 1.54) is 23.4 Å². The second-order valence-electron chi connectivity index (χ2n) is 9.33. The molecule has 5 nitrogen and oxygen atoms in total. The van der Waals surface area contributed by atoms with Gasteiger partial charge in [-0.3, -0.25) is 0 Å². The lowest BCUT2D eigenvalue weighted by Crippen LogP contribution is -2.31. The second-order valence-corrected chi connectivity index (χ2v) is 9.33.